The van der Waals surface area contributed by atoms with Gasteiger partial charge in [0.05, 0.1) is 5.54 Å². The molecule has 2 amide bonds. The molecule has 3 rings (SSSR count). The highest BCUT2D eigenvalue weighted by Crippen LogP contribution is 2.39. The minimum atomic E-state index is -0.309. The molecule has 0 spiro atoms. The average Bonchev–Trinajstić information content (AvgIpc) is 3.31. The number of hydrogen-bond acceptors (Lipinski definition) is 4. The van der Waals surface area contributed by atoms with Gasteiger partial charge >= 0.3 is 0 Å². The second-order valence-corrected chi connectivity index (χ2v) is 7.88. The molecule has 5 nitrogen and oxygen atoms in total. The Kier molecular flexibility index (Phi) is 6.28. The summed E-state index contributed by atoms with van der Waals surface area (Å²) >= 11 is 1.76. The molecule has 2 aliphatic rings. The summed E-state index contributed by atoms with van der Waals surface area (Å²) in [6.45, 7) is 3.90. The molecule has 0 saturated heterocycles. The number of rotatable bonds is 6. The van der Waals surface area contributed by atoms with E-state index >= 15 is 0 Å². The molecule has 1 saturated carbocycles. The summed E-state index contributed by atoms with van der Waals surface area (Å²) in [5.74, 6) is 0.496. The van der Waals surface area contributed by atoms with Crippen molar-refractivity contribution in [1.82, 2.24) is 10.2 Å². The average molecular weight is 372 g/mol. The number of nitrogens with one attached hydrogen (secondary N) is 1. The van der Waals surface area contributed by atoms with Crippen molar-refractivity contribution < 1.29 is 9.59 Å². The molecule has 2 heterocycles. The van der Waals surface area contributed by atoms with Crippen LogP contribution in [0.3, 0.4) is 0 Å². The van der Waals surface area contributed by atoms with Crippen LogP contribution in [0.1, 0.15) is 43.0 Å². The summed E-state index contributed by atoms with van der Waals surface area (Å²) in [5.41, 5.74) is 6.76. The molecule has 0 radical (unpaired) electrons. The first-order valence-electron chi connectivity index (χ1n) is 8.36. The molecule has 0 bridgehead atoms. The van der Waals surface area contributed by atoms with Gasteiger partial charge in [-0.05, 0) is 49.1 Å². The lowest BCUT2D eigenvalue weighted by molar-refractivity contribution is -0.134. The zero-order valence-corrected chi connectivity index (χ0v) is 15.7. The van der Waals surface area contributed by atoms with E-state index in [1.54, 1.807) is 11.3 Å². The van der Waals surface area contributed by atoms with Crippen molar-refractivity contribution in [2.75, 3.05) is 13.1 Å². The number of carbonyl (C=O) groups is 2. The van der Waals surface area contributed by atoms with Gasteiger partial charge in [-0.25, -0.2) is 0 Å². The van der Waals surface area contributed by atoms with Crippen molar-refractivity contribution in [3.63, 3.8) is 0 Å². The first kappa shape index (κ1) is 19.2. The number of halogens is 1. The van der Waals surface area contributed by atoms with Crippen molar-refractivity contribution in [3.05, 3.63) is 21.9 Å². The minimum absolute atomic E-state index is 0. The number of thiophene rings is 1. The minimum Gasteiger partial charge on any atom is -0.349 e. The van der Waals surface area contributed by atoms with Gasteiger partial charge in [0.2, 0.25) is 11.8 Å². The molecule has 1 atom stereocenters. The van der Waals surface area contributed by atoms with Gasteiger partial charge < -0.3 is 16.0 Å². The molecule has 1 aliphatic heterocycles. The highest BCUT2D eigenvalue weighted by atomic mass is 35.5. The fraction of sp³-hybridized carbons (Fsp3) is 0.647. The smallest absolute Gasteiger partial charge is 0.223 e. The zero-order chi connectivity index (χ0) is 16.4. The third-order valence-electron chi connectivity index (χ3n) is 5.05. The number of amides is 2. The van der Waals surface area contributed by atoms with Crippen molar-refractivity contribution in [1.29, 1.82) is 0 Å². The molecular formula is C17H26ClN3O2S. The molecule has 1 aromatic rings. The molecule has 7 heteroatoms. The van der Waals surface area contributed by atoms with Gasteiger partial charge in [-0.1, -0.05) is 0 Å². The summed E-state index contributed by atoms with van der Waals surface area (Å²) < 4.78 is 0. The van der Waals surface area contributed by atoms with E-state index in [-0.39, 0.29) is 42.6 Å². The van der Waals surface area contributed by atoms with E-state index in [2.05, 4.69) is 16.8 Å². The van der Waals surface area contributed by atoms with E-state index in [1.165, 1.54) is 10.4 Å². The van der Waals surface area contributed by atoms with Gasteiger partial charge in [-0.3, -0.25) is 9.59 Å². The summed E-state index contributed by atoms with van der Waals surface area (Å²) in [6.07, 6.45) is 3.70. The van der Waals surface area contributed by atoms with Gasteiger partial charge in [0.15, 0.2) is 0 Å². The monoisotopic (exact) mass is 371 g/mol. The number of hydrogen-bond donors (Lipinski definition) is 2. The van der Waals surface area contributed by atoms with E-state index in [0.717, 1.165) is 25.8 Å². The van der Waals surface area contributed by atoms with E-state index in [0.29, 0.717) is 19.0 Å². The van der Waals surface area contributed by atoms with E-state index < -0.39 is 0 Å². The van der Waals surface area contributed by atoms with Crippen LogP contribution in [-0.2, 0) is 22.6 Å². The van der Waals surface area contributed by atoms with Gasteiger partial charge in [0.1, 0.15) is 0 Å². The Morgan fingerprint density at radius 2 is 2.17 bits per heavy atom. The molecule has 0 aromatic carbocycles. The van der Waals surface area contributed by atoms with Crippen LogP contribution in [0.25, 0.3) is 0 Å². The molecule has 3 N–H and O–H groups in total. The van der Waals surface area contributed by atoms with Crippen LogP contribution in [0, 0.1) is 5.92 Å². The molecule has 1 unspecified atom stereocenters. The van der Waals surface area contributed by atoms with Gasteiger partial charge in [0.25, 0.3) is 0 Å². The van der Waals surface area contributed by atoms with E-state index in [1.807, 2.05) is 11.8 Å². The first-order chi connectivity index (χ1) is 11.0. The lowest BCUT2D eigenvalue weighted by Crippen LogP contribution is -2.53. The molecular weight excluding hydrogens is 346 g/mol. The maximum Gasteiger partial charge on any atom is 0.223 e. The maximum atomic E-state index is 12.3. The van der Waals surface area contributed by atoms with Crippen molar-refractivity contribution in [2.45, 2.75) is 51.1 Å². The number of carbonyl (C=O) groups excluding carboxylic acids is 2. The van der Waals surface area contributed by atoms with Crippen molar-refractivity contribution in [3.8, 4) is 0 Å². The first-order valence-corrected chi connectivity index (χ1v) is 9.24. The molecule has 1 aliphatic carbocycles. The van der Waals surface area contributed by atoms with Crippen LogP contribution in [0.2, 0.25) is 0 Å². The van der Waals surface area contributed by atoms with E-state index in [9.17, 15) is 9.59 Å². The molecule has 1 aromatic heterocycles. The van der Waals surface area contributed by atoms with Crippen molar-refractivity contribution >= 4 is 35.6 Å². The van der Waals surface area contributed by atoms with Crippen LogP contribution in [-0.4, -0.2) is 35.3 Å². The van der Waals surface area contributed by atoms with Crippen LogP contribution >= 0.6 is 23.7 Å². The summed E-state index contributed by atoms with van der Waals surface area (Å²) in [5, 5.41) is 5.12. The predicted molar refractivity (Wildman–Crippen MR) is 98.2 cm³/mol. The Bertz CT molecular complexity index is 602. The predicted octanol–water partition coefficient (Wildman–Crippen LogP) is 2.08. The fourth-order valence-electron chi connectivity index (χ4n) is 3.26. The summed E-state index contributed by atoms with van der Waals surface area (Å²) in [6, 6.07) is 2.09. The van der Waals surface area contributed by atoms with Gasteiger partial charge in [0, 0.05) is 37.4 Å². The third-order valence-corrected chi connectivity index (χ3v) is 6.08. The zero-order valence-electron chi connectivity index (χ0n) is 14.0. The summed E-state index contributed by atoms with van der Waals surface area (Å²) in [4.78, 5) is 27.7. The number of nitrogens with two attached hydrogens (primary N) is 1. The Balaban J connectivity index is 0.00000208. The van der Waals surface area contributed by atoms with E-state index in [4.69, 9.17) is 5.73 Å². The quantitative estimate of drug-likeness (QED) is 0.803. The van der Waals surface area contributed by atoms with Crippen LogP contribution in [0.15, 0.2) is 11.4 Å². The number of fused-ring (bicyclic) bond motifs is 1. The third kappa shape index (κ3) is 4.29. The largest absolute Gasteiger partial charge is 0.349 e. The fourth-order valence-corrected chi connectivity index (χ4v) is 4.15. The van der Waals surface area contributed by atoms with Gasteiger partial charge in [-0.15, -0.1) is 23.7 Å². The Morgan fingerprint density at radius 1 is 1.42 bits per heavy atom. The Hall–Kier alpha value is -1.11. The van der Waals surface area contributed by atoms with Crippen LogP contribution < -0.4 is 11.1 Å². The SMILES string of the molecule is CC(CN)(NC(=O)CCC(=O)N1CCc2sccc2C1)C1CC1.Cl. The molecule has 134 valence electrons. The Morgan fingerprint density at radius 3 is 2.83 bits per heavy atom. The Labute approximate surface area is 153 Å². The second kappa shape index (κ2) is 7.85. The van der Waals surface area contributed by atoms with Gasteiger partial charge in [-0.2, -0.15) is 0 Å². The van der Waals surface area contributed by atoms with Crippen LogP contribution in [0.4, 0.5) is 0 Å². The number of nitrogens with zero attached hydrogens (tertiary/aromatic N) is 1. The standard InChI is InChI=1S/C17H25N3O2S.ClH/c1-17(11-18,13-2-3-13)19-15(21)4-5-16(22)20-8-6-14-12(10-20)7-9-23-14;/h7,9,13H,2-6,8,10-11,18H2,1H3,(H,19,21);1H. The lowest BCUT2D eigenvalue weighted by Gasteiger charge is -2.30. The van der Waals surface area contributed by atoms with Crippen LogP contribution in [0.5, 0.6) is 0 Å². The normalized spacial score (nSPS) is 19.0. The molecule has 1 fully saturated rings. The topological polar surface area (TPSA) is 75.4 Å². The summed E-state index contributed by atoms with van der Waals surface area (Å²) in [7, 11) is 0. The maximum absolute atomic E-state index is 12.3. The highest BCUT2D eigenvalue weighted by molar-refractivity contribution is 7.10. The second-order valence-electron chi connectivity index (χ2n) is 6.88. The highest BCUT2D eigenvalue weighted by Gasteiger charge is 2.41. The molecule has 24 heavy (non-hydrogen) atoms. The lowest BCUT2D eigenvalue weighted by atomic mass is 9.95. The van der Waals surface area contributed by atoms with Crippen molar-refractivity contribution in [2.24, 2.45) is 11.7 Å².